The van der Waals surface area contributed by atoms with E-state index in [4.69, 9.17) is 0 Å². The van der Waals surface area contributed by atoms with Gasteiger partial charge >= 0.3 is 0 Å². The smallest absolute Gasteiger partial charge is 0.282 e. The number of rotatable bonds is 5. The number of piperidine rings is 1. The minimum Gasteiger partial charge on any atom is -0.339 e. The molecule has 0 saturated carbocycles. The van der Waals surface area contributed by atoms with Gasteiger partial charge in [-0.15, -0.1) is 0 Å². The summed E-state index contributed by atoms with van der Waals surface area (Å²) >= 11 is 0. The third kappa shape index (κ3) is 4.58. The number of nitrogens with zero attached hydrogens (tertiary/aromatic N) is 3. The fourth-order valence-electron chi connectivity index (χ4n) is 4.29. The van der Waals surface area contributed by atoms with Crippen molar-refractivity contribution in [2.45, 2.75) is 65.5 Å². The van der Waals surface area contributed by atoms with Crippen LogP contribution in [0.25, 0.3) is 0 Å². The van der Waals surface area contributed by atoms with Crippen molar-refractivity contribution >= 4 is 16.1 Å². The van der Waals surface area contributed by atoms with Crippen molar-refractivity contribution < 1.29 is 13.2 Å². The van der Waals surface area contributed by atoms with Crippen molar-refractivity contribution in [1.29, 1.82) is 0 Å². The van der Waals surface area contributed by atoms with Gasteiger partial charge in [-0.3, -0.25) is 4.79 Å². The van der Waals surface area contributed by atoms with Crippen LogP contribution in [0.2, 0.25) is 0 Å². The molecule has 0 aliphatic carbocycles. The number of hydrogen-bond acceptors (Lipinski definition) is 3. The molecule has 0 spiro atoms. The Labute approximate surface area is 169 Å². The molecule has 2 aliphatic heterocycles. The number of likely N-dealkylation sites (tertiary alicyclic amines) is 1. The van der Waals surface area contributed by atoms with Gasteiger partial charge in [0.15, 0.2) is 0 Å². The molecule has 156 valence electrons. The molecule has 2 aliphatic rings. The Hall–Kier alpha value is -1.44. The molecule has 7 heteroatoms. The summed E-state index contributed by atoms with van der Waals surface area (Å²) in [6.45, 7) is 8.11. The van der Waals surface area contributed by atoms with Crippen LogP contribution in [-0.2, 0) is 21.5 Å². The van der Waals surface area contributed by atoms with Crippen LogP contribution < -0.4 is 0 Å². The first kappa shape index (κ1) is 21.3. The van der Waals surface area contributed by atoms with Crippen LogP contribution >= 0.6 is 0 Å². The van der Waals surface area contributed by atoms with E-state index in [0.717, 1.165) is 55.3 Å². The Bertz CT molecular complexity index is 809. The first-order chi connectivity index (χ1) is 13.3. The SMILES string of the molecule is CC[C@H]1CCCCN1C(=O)CN1CCCN(Cc2cc(C)ccc2C)S1(=O)=O. The Kier molecular flexibility index (Phi) is 6.78. The third-order valence-corrected chi connectivity index (χ3v) is 7.98. The zero-order valence-corrected chi connectivity index (χ0v) is 18.2. The lowest BCUT2D eigenvalue weighted by Gasteiger charge is -2.38. The number of carbonyl (C=O) groups is 1. The lowest BCUT2D eigenvalue weighted by Crippen LogP contribution is -2.54. The van der Waals surface area contributed by atoms with Crippen molar-refractivity contribution in [3.63, 3.8) is 0 Å². The minimum absolute atomic E-state index is 0.0396. The fraction of sp³-hybridized carbons (Fsp3) is 0.667. The molecule has 0 radical (unpaired) electrons. The summed E-state index contributed by atoms with van der Waals surface area (Å²) in [7, 11) is -3.63. The van der Waals surface area contributed by atoms with Crippen LogP contribution in [0, 0.1) is 13.8 Å². The Morgan fingerprint density at radius 3 is 2.57 bits per heavy atom. The van der Waals surface area contributed by atoms with Crippen LogP contribution in [-0.4, -0.2) is 60.1 Å². The number of hydrogen-bond donors (Lipinski definition) is 0. The molecule has 2 saturated heterocycles. The summed E-state index contributed by atoms with van der Waals surface area (Å²) < 4.78 is 29.2. The molecule has 0 N–H and O–H groups in total. The van der Waals surface area contributed by atoms with Crippen molar-refractivity contribution in [1.82, 2.24) is 13.5 Å². The topological polar surface area (TPSA) is 60.9 Å². The summed E-state index contributed by atoms with van der Waals surface area (Å²) in [5.74, 6) is -0.0521. The van der Waals surface area contributed by atoms with Gasteiger partial charge < -0.3 is 4.90 Å². The average Bonchev–Trinajstić information content (AvgIpc) is 2.67. The Balaban J connectivity index is 1.72. The summed E-state index contributed by atoms with van der Waals surface area (Å²) in [5, 5.41) is 0. The van der Waals surface area contributed by atoms with Gasteiger partial charge in [0.05, 0.1) is 6.54 Å². The maximum atomic E-state index is 13.2. The van der Waals surface area contributed by atoms with E-state index in [1.165, 1.54) is 8.61 Å². The lowest BCUT2D eigenvalue weighted by atomic mass is 10.00. The van der Waals surface area contributed by atoms with Crippen LogP contribution in [0.5, 0.6) is 0 Å². The van der Waals surface area contributed by atoms with Gasteiger partial charge in [0, 0.05) is 32.2 Å². The van der Waals surface area contributed by atoms with Gasteiger partial charge in [-0.25, -0.2) is 0 Å². The van der Waals surface area contributed by atoms with Crippen molar-refractivity contribution in [3.8, 4) is 0 Å². The molecular weight excluding hydrogens is 374 g/mol. The van der Waals surface area contributed by atoms with E-state index in [1.54, 1.807) is 0 Å². The highest BCUT2D eigenvalue weighted by molar-refractivity contribution is 7.86. The van der Waals surface area contributed by atoms with Crippen molar-refractivity contribution in [2.75, 3.05) is 26.2 Å². The van der Waals surface area contributed by atoms with E-state index in [0.29, 0.717) is 19.6 Å². The zero-order chi connectivity index (χ0) is 20.3. The molecule has 1 atom stereocenters. The molecule has 0 bridgehead atoms. The first-order valence-electron chi connectivity index (χ1n) is 10.4. The van der Waals surface area contributed by atoms with Crippen LogP contribution in [0.4, 0.5) is 0 Å². The molecule has 3 rings (SSSR count). The minimum atomic E-state index is -3.63. The lowest BCUT2D eigenvalue weighted by molar-refractivity contribution is -0.135. The second kappa shape index (κ2) is 8.93. The number of benzene rings is 1. The first-order valence-corrected chi connectivity index (χ1v) is 11.8. The van der Waals surface area contributed by atoms with Gasteiger partial charge in [-0.1, -0.05) is 30.7 Å². The third-order valence-electron chi connectivity index (χ3n) is 6.05. The van der Waals surface area contributed by atoms with Crippen molar-refractivity contribution in [2.24, 2.45) is 0 Å². The number of carbonyl (C=O) groups excluding carboxylic acids is 1. The summed E-state index contributed by atoms with van der Waals surface area (Å²) in [5.41, 5.74) is 3.24. The summed E-state index contributed by atoms with van der Waals surface area (Å²) in [4.78, 5) is 14.8. The van der Waals surface area contributed by atoms with Crippen molar-refractivity contribution in [3.05, 3.63) is 34.9 Å². The zero-order valence-electron chi connectivity index (χ0n) is 17.4. The monoisotopic (exact) mass is 407 g/mol. The average molecular weight is 408 g/mol. The van der Waals surface area contributed by atoms with E-state index in [9.17, 15) is 13.2 Å². The van der Waals surface area contributed by atoms with E-state index in [1.807, 2.05) is 30.9 Å². The highest BCUT2D eigenvalue weighted by Gasteiger charge is 2.36. The molecule has 6 nitrogen and oxygen atoms in total. The maximum Gasteiger partial charge on any atom is 0.282 e. The second-order valence-electron chi connectivity index (χ2n) is 8.10. The van der Waals surface area contributed by atoms with E-state index >= 15 is 0 Å². The Morgan fingerprint density at radius 1 is 1.07 bits per heavy atom. The van der Waals surface area contributed by atoms with Crippen LogP contribution in [0.3, 0.4) is 0 Å². The summed E-state index contributed by atoms with van der Waals surface area (Å²) in [6.07, 6.45) is 4.85. The molecule has 1 aromatic carbocycles. The standard InChI is InChI=1S/C21H33N3O3S/c1-4-20-8-5-6-13-24(20)21(25)16-23-12-7-11-22(28(23,26)27)15-19-14-17(2)9-10-18(19)3/h9-10,14,20H,4-8,11-13,15-16H2,1-3H3/t20-/m0/s1. The highest BCUT2D eigenvalue weighted by atomic mass is 32.2. The molecule has 28 heavy (non-hydrogen) atoms. The van der Waals surface area contributed by atoms with E-state index in [2.05, 4.69) is 13.0 Å². The predicted molar refractivity (Wildman–Crippen MR) is 111 cm³/mol. The van der Waals surface area contributed by atoms with E-state index in [-0.39, 0.29) is 18.5 Å². The van der Waals surface area contributed by atoms with Gasteiger partial charge in [-0.05, 0) is 57.1 Å². The largest absolute Gasteiger partial charge is 0.339 e. The molecular formula is C21H33N3O3S. The normalized spacial score (nSPS) is 23.7. The quantitative estimate of drug-likeness (QED) is 0.754. The maximum absolute atomic E-state index is 13.2. The molecule has 1 aromatic rings. The number of aryl methyl sites for hydroxylation is 2. The van der Waals surface area contributed by atoms with Crippen LogP contribution in [0.15, 0.2) is 18.2 Å². The predicted octanol–water partition coefficient (Wildman–Crippen LogP) is 2.85. The van der Waals surface area contributed by atoms with Gasteiger partial charge in [-0.2, -0.15) is 17.0 Å². The van der Waals surface area contributed by atoms with E-state index < -0.39 is 10.2 Å². The van der Waals surface area contributed by atoms with Gasteiger partial charge in [0.1, 0.15) is 0 Å². The molecule has 2 fully saturated rings. The highest BCUT2D eigenvalue weighted by Crippen LogP contribution is 2.24. The van der Waals surface area contributed by atoms with Crippen LogP contribution in [0.1, 0.15) is 55.7 Å². The molecule has 0 aromatic heterocycles. The molecule has 2 heterocycles. The Morgan fingerprint density at radius 2 is 1.82 bits per heavy atom. The van der Waals surface area contributed by atoms with Gasteiger partial charge in [0.25, 0.3) is 10.2 Å². The molecule has 1 amide bonds. The number of amides is 1. The summed E-state index contributed by atoms with van der Waals surface area (Å²) in [6, 6.07) is 6.37. The fourth-order valence-corrected chi connectivity index (χ4v) is 5.92. The van der Waals surface area contributed by atoms with Gasteiger partial charge in [0.2, 0.25) is 5.91 Å². The second-order valence-corrected chi connectivity index (χ2v) is 10.0. The molecule has 0 unspecified atom stereocenters.